The van der Waals surface area contributed by atoms with Gasteiger partial charge in [-0.05, 0) is 11.6 Å². The topological polar surface area (TPSA) is 48.1 Å². The number of anilines is 1. The Balaban J connectivity index is 2.28. The molecule has 0 fully saturated rings. The molecule has 0 spiro atoms. The number of methoxy groups -OCH3 is 1. The molecule has 0 atom stereocenters. The van der Waals surface area contributed by atoms with Crippen LogP contribution in [0.1, 0.15) is 10.4 Å². The minimum atomic E-state index is 0.722. The molecule has 1 aromatic heterocycles. The van der Waals surface area contributed by atoms with Gasteiger partial charge in [0.2, 0.25) is 0 Å². The zero-order valence-corrected chi connectivity index (χ0v) is 9.25. The van der Waals surface area contributed by atoms with Crippen molar-refractivity contribution >= 4 is 17.0 Å². The molecule has 2 N–H and O–H groups in total. The van der Waals surface area contributed by atoms with Crippen molar-refractivity contribution in [3.05, 3.63) is 40.3 Å². The molecule has 1 aromatic carbocycles. The molecule has 0 aliphatic rings. The summed E-state index contributed by atoms with van der Waals surface area (Å²) in [7, 11) is 1.66. The van der Waals surface area contributed by atoms with Crippen LogP contribution in [0.2, 0.25) is 0 Å². The van der Waals surface area contributed by atoms with E-state index in [2.05, 4.69) is 4.98 Å². The Hall–Kier alpha value is -1.55. The van der Waals surface area contributed by atoms with Crippen LogP contribution < -0.4 is 10.5 Å². The van der Waals surface area contributed by atoms with E-state index < -0.39 is 0 Å². The van der Waals surface area contributed by atoms with Crippen LogP contribution in [0.3, 0.4) is 0 Å². The molecule has 4 heteroatoms. The molecule has 1 heterocycles. The van der Waals surface area contributed by atoms with Gasteiger partial charge in [0, 0.05) is 29.2 Å². The molecule has 2 aromatic rings. The van der Waals surface area contributed by atoms with Crippen molar-refractivity contribution in [3.8, 4) is 5.75 Å². The van der Waals surface area contributed by atoms with Gasteiger partial charge in [-0.15, -0.1) is 11.3 Å². The lowest BCUT2D eigenvalue weighted by atomic mass is 10.1. The molecular formula is C11H12N2OS. The Morgan fingerprint density at radius 1 is 1.47 bits per heavy atom. The summed E-state index contributed by atoms with van der Waals surface area (Å²) in [5, 5.41) is 0. The number of aromatic nitrogens is 1. The van der Waals surface area contributed by atoms with Gasteiger partial charge in [-0.1, -0.05) is 6.07 Å². The number of thiazole rings is 1. The van der Waals surface area contributed by atoms with Crippen LogP contribution in [-0.4, -0.2) is 12.1 Å². The number of benzene rings is 1. The first-order chi connectivity index (χ1) is 7.29. The van der Waals surface area contributed by atoms with Crippen molar-refractivity contribution in [2.75, 3.05) is 12.8 Å². The van der Waals surface area contributed by atoms with Crippen LogP contribution in [0.5, 0.6) is 5.75 Å². The van der Waals surface area contributed by atoms with Crippen LogP contribution in [0.4, 0.5) is 5.69 Å². The maximum absolute atomic E-state index is 5.69. The number of hydrogen-bond donors (Lipinski definition) is 1. The van der Waals surface area contributed by atoms with Gasteiger partial charge in [0.15, 0.2) is 0 Å². The van der Waals surface area contributed by atoms with E-state index in [1.54, 1.807) is 18.4 Å². The highest BCUT2D eigenvalue weighted by molar-refractivity contribution is 7.09. The van der Waals surface area contributed by atoms with Crippen molar-refractivity contribution in [2.24, 2.45) is 0 Å². The van der Waals surface area contributed by atoms with Crippen LogP contribution >= 0.6 is 11.3 Å². The summed E-state index contributed by atoms with van der Waals surface area (Å²) in [6.45, 7) is 0. The molecule has 0 aliphatic carbocycles. The van der Waals surface area contributed by atoms with Gasteiger partial charge in [-0.25, -0.2) is 0 Å². The average molecular weight is 220 g/mol. The first-order valence-corrected chi connectivity index (χ1v) is 5.47. The summed E-state index contributed by atoms with van der Waals surface area (Å²) in [4.78, 5) is 5.26. The molecule has 0 amide bonds. The molecule has 2 rings (SSSR count). The zero-order valence-electron chi connectivity index (χ0n) is 8.43. The van der Waals surface area contributed by atoms with E-state index in [-0.39, 0.29) is 0 Å². The molecule has 15 heavy (non-hydrogen) atoms. The van der Waals surface area contributed by atoms with Crippen LogP contribution in [0, 0.1) is 0 Å². The highest BCUT2D eigenvalue weighted by Gasteiger charge is 2.05. The highest BCUT2D eigenvalue weighted by atomic mass is 32.1. The monoisotopic (exact) mass is 220 g/mol. The third-order valence-electron chi connectivity index (χ3n) is 2.16. The van der Waals surface area contributed by atoms with Gasteiger partial charge in [-0.3, -0.25) is 4.98 Å². The maximum Gasteiger partial charge on any atom is 0.124 e. The van der Waals surface area contributed by atoms with E-state index in [0.29, 0.717) is 0 Å². The second-order valence-electron chi connectivity index (χ2n) is 3.22. The fraction of sp³-hybridized carbons (Fsp3) is 0.182. The van der Waals surface area contributed by atoms with Gasteiger partial charge in [0.1, 0.15) is 5.75 Å². The predicted octanol–water partition coefficient (Wildman–Crippen LogP) is 2.32. The van der Waals surface area contributed by atoms with E-state index in [1.165, 1.54) is 4.88 Å². The second-order valence-corrected chi connectivity index (χ2v) is 4.19. The van der Waals surface area contributed by atoms with Gasteiger partial charge in [0.25, 0.3) is 0 Å². The molecule has 0 saturated carbocycles. The number of nitrogen functional groups attached to an aromatic ring is 1. The Kier molecular flexibility index (Phi) is 2.87. The fourth-order valence-electron chi connectivity index (χ4n) is 1.42. The number of rotatable bonds is 3. The van der Waals surface area contributed by atoms with Crippen LogP contribution in [0.15, 0.2) is 29.9 Å². The number of ether oxygens (including phenoxy) is 1. The van der Waals surface area contributed by atoms with E-state index in [1.807, 2.05) is 29.9 Å². The second kappa shape index (κ2) is 4.31. The van der Waals surface area contributed by atoms with Crippen LogP contribution in [-0.2, 0) is 6.42 Å². The van der Waals surface area contributed by atoms with Crippen molar-refractivity contribution in [1.82, 2.24) is 4.98 Å². The normalized spacial score (nSPS) is 10.2. The minimum absolute atomic E-state index is 0.722. The quantitative estimate of drug-likeness (QED) is 0.807. The lowest BCUT2D eigenvalue weighted by Crippen LogP contribution is -1.94. The summed E-state index contributed by atoms with van der Waals surface area (Å²) in [5.74, 6) is 0.836. The van der Waals surface area contributed by atoms with Crippen LogP contribution in [0.25, 0.3) is 0 Å². The SMILES string of the molecule is COc1cc(N)ccc1Cc1cncs1. The van der Waals surface area contributed by atoms with Crippen molar-refractivity contribution < 1.29 is 4.74 Å². The zero-order chi connectivity index (χ0) is 10.7. The maximum atomic E-state index is 5.69. The third kappa shape index (κ3) is 2.27. The summed E-state index contributed by atoms with van der Waals surface area (Å²) >= 11 is 1.64. The largest absolute Gasteiger partial charge is 0.496 e. The molecular weight excluding hydrogens is 208 g/mol. The van der Waals surface area contributed by atoms with E-state index in [0.717, 1.165) is 23.4 Å². The average Bonchev–Trinajstić information content (AvgIpc) is 2.73. The minimum Gasteiger partial charge on any atom is -0.496 e. The Labute approximate surface area is 92.5 Å². The Morgan fingerprint density at radius 2 is 2.33 bits per heavy atom. The lowest BCUT2D eigenvalue weighted by Gasteiger charge is -2.07. The molecule has 78 valence electrons. The summed E-state index contributed by atoms with van der Waals surface area (Å²) < 4.78 is 5.28. The molecule has 0 radical (unpaired) electrons. The number of nitrogens with two attached hydrogens (primary N) is 1. The van der Waals surface area contributed by atoms with E-state index in [4.69, 9.17) is 10.5 Å². The van der Waals surface area contributed by atoms with Gasteiger partial charge < -0.3 is 10.5 Å². The molecule has 0 saturated heterocycles. The molecule has 3 nitrogen and oxygen atoms in total. The standard InChI is InChI=1S/C11H12N2OS/c1-14-11-5-9(12)3-2-8(11)4-10-6-13-7-15-10/h2-3,5-7H,4,12H2,1H3. The van der Waals surface area contributed by atoms with E-state index in [9.17, 15) is 0 Å². The smallest absolute Gasteiger partial charge is 0.124 e. The van der Waals surface area contributed by atoms with Crippen molar-refractivity contribution in [1.29, 1.82) is 0 Å². The first-order valence-electron chi connectivity index (χ1n) is 4.59. The van der Waals surface area contributed by atoms with Crippen molar-refractivity contribution in [3.63, 3.8) is 0 Å². The Morgan fingerprint density at radius 3 is 3.00 bits per heavy atom. The van der Waals surface area contributed by atoms with Gasteiger partial charge >= 0.3 is 0 Å². The first kappa shape index (κ1) is 9.98. The van der Waals surface area contributed by atoms with E-state index >= 15 is 0 Å². The highest BCUT2D eigenvalue weighted by Crippen LogP contribution is 2.25. The number of hydrogen-bond acceptors (Lipinski definition) is 4. The summed E-state index contributed by atoms with van der Waals surface area (Å²) in [5.41, 5.74) is 9.38. The molecule has 0 unspecified atom stereocenters. The summed E-state index contributed by atoms with van der Waals surface area (Å²) in [6, 6.07) is 5.73. The predicted molar refractivity (Wildman–Crippen MR) is 62.3 cm³/mol. The molecule has 0 bridgehead atoms. The number of nitrogens with zero attached hydrogens (tertiary/aromatic N) is 1. The fourth-order valence-corrected chi connectivity index (χ4v) is 2.04. The molecule has 0 aliphatic heterocycles. The third-order valence-corrected chi connectivity index (χ3v) is 2.94. The lowest BCUT2D eigenvalue weighted by molar-refractivity contribution is 0.411. The van der Waals surface area contributed by atoms with Gasteiger partial charge in [-0.2, -0.15) is 0 Å². The summed E-state index contributed by atoms with van der Waals surface area (Å²) in [6.07, 6.45) is 2.72. The van der Waals surface area contributed by atoms with Crippen molar-refractivity contribution in [2.45, 2.75) is 6.42 Å². The van der Waals surface area contributed by atoms with Gasteiger partial charge in [0.05, 0.1) is 12.6 Å². The Bertz CT molecular complexity index is 440.